The number of esters is 1. The van der Waals surface area contributed by atoms with Gasteiger partial charge in [-0.3, -0.25) is 9.80 Å². The van der Waals surface area contributed by atoms with Crippen LogP contribution in [0.15, 0.2) is 54.7 Å². The Labute approximate surface area is 233 Å². The number of amides is 2. The fraction of sp³-hybridized carbons (Fsp3) is 0.333. The lowest BCUT2D eigenvalue weighted by atomic mass is 10.1. The first-order valence-electron chi connectivity index (χ1n) is 13.6. The molecule has 1 fully saturated rings. The van der Waals surface area contributed by atoms with Crippen molar-refractivity contribution in [1.82, 2.24) is 14.9 Å². The van der Waals surface area contributed by atoms with Crippen molar-refractivity contribution in [2.75, 3.05) is 59.8 Å². The third-order valence-electron chi connectivity index (χ3n) is 7.69. The van der Waals surface area contributed by atoms with Crippen LogP contribution in [-0.4, -0.2) is 66.6 Å². The summed E-state index contributed by atoms with van der Waals surface area (Å²) in [6.07, 6.45) is 4.81. The highest BCUT2D eigenvalue weighted by Gasteiger charge is 2.34. The molecular formula is C30H33N7O3. The van der Waals surface area contributed by atoms with Gasteiger partial charge in [0.1, 0.15) is 12.4 Å². The lowest BCUT2D eigenvalue weighted by molar-refractivity contribution is -0.139. The third kappa shape index (κ3) is 4.98. The van der Waals surface area contributed by atoms with Gasteiger partial charge in [0.05, 0.1) is 12.2 Å². The Morgan fingerprint density at radius 1 is 0.950 bits per heavy atom. The second kappa shape index (κ2) is 10.6. The monoisotopic (exact) mass is 539 g/mol. The van der Waals surface area contributed by atoms with Gasteiger partial charge in [-0.2, -0.15) is 4.98 Å². The number of nitrogens with zero attached hydrogens (tertiary/aromatic N) is 6. The fourth-order valence-electron chi connectivity index (χ4n) is 5.56. The smallest absolute Gasteiger partial charge is 0.330 e. The summed E-state index contributed by atoms with van der Waals surface area (Å²) in [4.78, 5) is 43.9. The van der Waals surface area contributed by atoms with Crippen LogP contribution in [0.25, 0.3) is 0 Å². The molecule has 206 valence electrons. The van der Waals surface area contributed by atoms with E-state index in [0.29, 0.717) is 18.3 Å². The van der Waals surface area contributed by atoms with Crippen LogP contribution < -0.4 is 20.0 Å². The minimum absolute atomic E-state index is 0.133. The number of urea groups is 1. The number of piperazine rings is 1. The van der Waals surface area contributed by atoms with Crippen molar-refractivity contribution in [3.05, 3.63) is 77.0 Å². The number of fused-ring (bicyclic) bond motifs is 3. The average Bonchev–Trinajstić information content (AvgIpc) is 2.94. The third-order valence-corrected chi connectivity index (χ3v) is 7.69. The number of aryl methyl sites for hydroxylation is 2. The second-order valence-corrected chi connectivity index (χ2v) is 10.5. The fourth-order valence-corrected chi connectivity index (χ4v) is 5.56. The molecule has 0 spiro atoms. The number of anilines is 5. The summed E-state index contributed by atoms with van der Waals surface area (Å²) in [6, 6.07) is 11.8. The Hall–Kier alpha value is -4.44. The first-order chi connectivity index (χ1) is 19.4. The SMILES string of the molecule is Cc1cccc(C)c1N1Cc2cnc3nc2N(C/C=C\C(=O)OCc2cc(ccc2N2CCN(C)CC2)N3)C1=O. The molecule has 10 heteroatoms. The zero-order valence-electron chi connectivity index (χ0n) is 23.1. The van der Waals surface area contributed by atoms with Crippen LogP contribution in [0.4, 0.5) is 33.6 Å². The van der Waals surface area contributed by atoms with Gasteiger partial charge in [0.25, 0.3) is 0 Å². The van der Waals surface area contributed by atoms with E-state index in [1.54, 1.807) is 22.1 Å². The highest BCUT2D eigenvalue weighted by molar-refractivity contribution is 6.06. The van der Waals surface area contributed by atoms with Crippen LogP contribution >= 0.6 is 0 Å². The predicted octanol–water partition coefficient (Wildman–Crippen LogP) is 4.15. The van der Waals surface area contributed by atoms with Crippen molar-refractivity contribution < 1.29 is 14.3 Å². The van der Waals surface area contributed by atoms with E-state index in [1.807, 2.05) is 44.2 Å². The first-order valence-corrected chi connectivity index (χ1v) is 13.6. The Kier molecular flexibility index (Phi) is 6.85. The van der Waals surface area contributed by atoms with E-state index in [1.165, 1.54) is 6.08 Å². The molecule has 3 aromatic rings. The van der Waals surface area contributed by atoms with E-state index in [9.17, 15) is 9.59 Å². The molecule has 1 N–H and O–H groups in total. The Morgan fingerprint density at radius 2 is 1.73 bits per heavy atom. The maximum absolute atomic E-state index is 13.8. The van der Waals surface area contributed by atoms with Gasteiger partial charge < -0.3 is 19.9 Å². The second-order valence-electron chi connectivity index (χ2n) is 10.5. The Morgan fingerprint density at radius 3 is 2.50 bits per heavy atom. The van der Waals surface area contributed by atoms with Crippen molar-refractivity contribution in [1.29, 1.82) is 0 Å². The lowest BCUT2D eigenvalue weighted by Crippen LogP contribution is -2.48. The quantitative estimate of drug-likeness (QED) is 0.486. The van der Waals surface area contributed by atoms with Crippen LogP contribution in [-0.2, 0) is 22.7 Å². The van der Waals surface area contributed by atoms with E-state index >= 15 is 0 Å². The normalized spacial score (nSPS) is 18.6. The number of carbonyl (C=O) groups excluding carboxylic acids is 2. The van der Waals surface area contributed by atoms with Gasteiger partial charge in [-0.25, -0.2) is 14.6 Å². The number of hydrogen-bond donors (Lipinski definition) is 1. The number of benzene rings is 2. The van der Waals surface area contributed by atoms with Crippen LogP contribution in [0.3, 0.4) is 0 Å². The summed E-state index contributed by atoms with van der Waals surface area (Å²) in [5.41, 5.74) is 6.45. The van der Waals surface area contributed by atoms with Gasteiger partial charge in [0.15, 0.2) is 0 Å². The van der Waals surface area contributed by atoms with Crippen LogP contribution in [0.1, 0.15) is 22.3 Å². The largest absolute Gasteiger partial charge is 0.458 e. The number of para-hydroxylation sites is 1. The number of carbonyl (C=O) groups is 2. The summed E-state index contributed by atoms with van der Waals surface area (Å²) < 4.78 is 5.65. The number of hydrogen-bond acceptors (Lipinski definition) is 8. The van der Waals surface area contributed by atoms with E-state index in [0.717, 1.165) is 65.5 Å². The highest BCUT2D eigenvalue weighted by Crippen LogP contribution is 2.35. The highest BCUT2D eigenvalue weighted by atomic mass is 16.5. The van der Waals surface area contributed by atoms with Gasteiger partial charge in [0, 0.05) is 67.5 Å². The van der Waals surface area contributed by atoms with Crippen molar-refractivity contribution in [2.24, 2.45) is 0 Å². The molecule has 0 aliphatic carbocycles. The molecule has 3 aliphatic heterocycles. The summed E-state index contributed by atoms with van der Waals surface area (Å²) in [5.74, 6) is 0.460. The number of cyclic esters (lactones) is 1. The number of aromatic nitrogens is 2. The van der Waals surface area contributed by atoms with E-state index in [-0.39, 0.29) is 19.2 Å². The number of rotatable bonds is 2. The van der Waals surface area contributed by atoms with E-state index in [4.69, 9.17) is 9.72 Å². The minimum atomic E-state index is -0.459. The zero-order chi connectivity index (χ0) is 27.8. The number of ether oxygens (including phenoxy) is 1. The zero-order valence-corrected chi connectivity index (χ0v) is 23.1. The van der Waals surface area contributed by atoms with Gasteiger partial charge in [0.2, 0.25) is 5.95 Å². The molecule has 4 bridgehead atoms. The van der Waals surface area contributed by atoms with Gasteiger partial charge in [-0.15, -0.1) is 0 Å². The predicted molar refractivity (Wildman–Crippen MR) is 155 cm³/mol. The molecule has 1 saturated heterocycles. The number of likely N-dealkylation sites (N-methyl/N-ethyl adjacent to an activating group) is 1. The molecule has 3 aliphatic rings. The maximum Gasteiger partial charge on any atom is 0.330 e. The van der Waals surface area contributed by atoms with Gasteiger partial charge in [-0.1, -0.05) is 24.3 Å². The summed E-state index contributed by atoms with van der Waals surface area (Å²) in [7, 11) is 2.12. The van der Waals surface area contributed by atoms with Crippen molar-refractivity contribution in [3.63, 3.8) is 0 Å². The van der Waals surface area contributed by atoms with Gasteiger partial charge >= 0.3 is 12.0 Å². The van der Waals surface area contributed by atoms with Crippen molar-refractivity contribution >= 4 is 40.8 Å². The van der Waals surface area contributed by atoms with Crippen LogP contribution in [0, 0.1) is 13.8 Å². The molecule has 0 saturated carbocycles. The topological polar surface area (TPSA) is 94.1 Å². The molecule has 0 radical (unpaired) electrons. The molecule has 2 aromatic carbocycles. The van der Waals surface area contributed by atoms with Crippen LogP contribution in [0.2, 0.25) is 0 Å². The van der Waals surface area contributed by atoms with Gasteiger partial charge in [-0.05, 0) is 50.2 Å². The summed E-state index contributed by atoms with van der Waals surface area (Å²) >= 11 is 0. The van der Waals surface area contributed by atoms with E-state index < -0.39 is 5.97 Å². The van der Waals surface area contributed by atoms with Crippen molar-refractivity contribution in [3.8, 4) is 0 Å². The van der Waals surface area contributed by atoms with Crippen LogP contribution in [0.5, 0.6) is 0 Å². The molecule has 4 heterocycles. The molecule has 6 rings (SSSR count). The molecule has 0 atom stereocenters. The maximum atomic E-state index is 13.8. The molecule has 0 unspecified atom stereocenters. The standard InChI is InChI=1S/C30H33N7O3/c1-20-6-4-7-21(2)27(20)37-18-23-17-31-29-32-24-9-10-25(35-14-12-34(3)13-15-35)22(16-24)19-40-26(38)8-5-11-36(30(37)39)28(23)33-29/h4-10,16-17H,11-15,18-19H2,1-3H3,(H,31,32,33)/b8-5-. The summed E-state index contributed by atoms with van der Waals surface area (Å²) in [5, 5.41) is 3.30. The Balaban J connectivity index is 1.37. The molecule has 40 heavy (non-hydrogen) atoms. The molecule has 1 aromatic heterocycles. The lowest BCUT2D eigenvalue weighted by Gasteiger charge is -2.37. The molecular weight excluding hydrogens is 506 g/mol. The summed E-state index contributed by atoms with van der Waals surface area (Å²) in [6.45, 7) is 8.40. The molecule has 2 amide bonds. The van der Waals surface area contributed by atoms with Crippen molar-refractivity contribution in [2.45, 2.75) is 27.0 Å². The molecule has 10 nitrogen and oxygen atoms in total. The number of nitrogens with one attached hydrogen (secondary N) is 1. The van der Waals surface area contributed by atoms with E-state index in [2.05, 4.69) is 33.2 Å². The minimum Gasteiger partial charge on any atom is -0.458 e. The Bertz CT molecular complexity index is 1480. The average molecular weight is 540 g/mol. The first kappa shape index (κ1) is 25.8.